The maximum absolute atomic E-state index is 5.49. The minimum Gasteiger partial charge on any atom is -0.481 e. The van der Waals surface area contributed by atoms with Gasteiger partial charge in [0, 0.05) is 13.1 Å². The van der Waals surface area contributed by atoms with Gasteiger partial charge in [0.25, 0.3) is 0 Å². The molecule has 1 aromatic heterocycles. The average Bonchev–Trinajstić information content (AvgIpc) is 2.23. The van der Waals surface area contributed by atoms with Crippen LogP contribution in [0.15, 0.2) is 6.07 Å². The summed E-state index contributed by atoms with van der Waals surface area (Å²) in [5.41, 5.74) is 0. The molecule has 0 atom stereocenters. The Labute approximate surface area is 112 Å². The number of methoxy groups -OCH3 is 2. The maximum atomic E-state index is 5.49. The van der Waals surface area contributed by atoms with Crippen molar-refractivity contribution in [1.29, 1.82) is 0 Å². The minimum absolute atomic E-state index is 0. The van der Waals surface area contributed by atoms with Crippen molar-refractivity contribution < 1.29 is 14.2 Å². The van der Waals surface area contributed by atoms with E-state index in [4.69, 9.17) is 14.2 Å². The number of halogens is 2. The van der Waals surface area contributed by atoms with Crippen molar-refractivity contribution >= 4 is 24.8 Å². The van der Waals surface area contributed by atoms with Crippen LogP contribution in [0.1, 0.15) is 0 Å². The zero-order chi connectivity index (χ0) is 10.7. The molecular formula is C9H15Cl2N3O3. The van der Waals surface area contributed by atoms with Crippen molar-refractivity contribution in [1.82, 2.24) is 15.3 Å². The van der Waals surface area contributed by atoms with Gasteiger partial charge >= 0.3 is 6.01 Å². The van der Waals surface area contributed by atoms with E-state index in [0.717, 1.165) is 13.1 Å². The molecular weight excluding hydrogens is 269 g/mol. The molecule has 2 heterocycles. The van der Waals surface area contributed by atoms with Gasteiger partial charge in [-0.15, -0.1) is 24.8 Å². The van der Waals surface area contributed by atoms with Crippen LogP contribution in [0.2, 0.25) is 0 Å². The summed E-state index contributed by atoms with van der Waals surface area (Å²) in [6.07, 6.45) is 0.141. The molecule has 0 aliphatic carbocycles. The second-order valence-electron chi connectivity index (χ2n) is 3.13. The van der Waals surface area contributed by atoms with E-state index < -0.39 is 0 Å². The molecule has 0 amide bonds. The fourth-order valence-electron chi connectivity index (χ4n) is 1.14. The summed E-state index contributed by atoms with van der Waals surface area (Å²) in [7, 11) is 3.08. The lowest BCUT2D eigenvalue weighted by Crippen LogP contribution is -2.50. The topological polar surface area (TPSA) is 65.5 Å². The smallest absolute Gasteiger partial charge is 0.323 e. The lowest BCUT2D eigenvalue weighted by Gasteiger charge is -2.26. The SMILES string of the molecule is COc1cc(OC)nc(OC2CNC2)n1.Cl.Cl. The van der Waals surface area contributed by atoms with Gasteiger partial charge in [-0.3, -0.25) is 0 Å². The summed E-state index contributed by atoms with van der Waals surface area (Å²) in [5, 5.41) is 3.10. The first kappa shape index (κ1) is 16.0. The fourth-order valence-corrected chi connectivity index (χ4v) is 1.14. The highest BCUT2D eigenvalue weighted by Gasteiger charge is 2.20. The zero-order valence-corrected chi connectivity index (χ0v) is 11.1. The van der Waals surface area contributed by atoms with Crippen LogP contribution in [-0.4, -0.2) is 43.4 Å². The molecule has 1 aliphatic heterocycles. The minimum atomic E-state index is 0. The van der Waals surface area contributed by atoms with Gasteiger partial charge in [0.15, 0.2) is 0 Å². The first-order valence-electron chi connectivity index (χ1n) is 4.66. The van der Waals surface area contributed by atoms with Gasteiger partial charge in [-0.05, 0) is 0 Å². The summed E-state index contributed by atoms with van der Waals surface area (Å²) in [5.74, 6) is 0.869. The van der Waals surface area contributed by atoms with Crippen LogP contribution < -0.4 is 19.5 Å². The molecule has 1 saturated heterocycles. The Morgan fingerprint density at radius 3 is 2.00 bits per heavy atom. The molecule has 0 unspecified atom stereocenters. The quantitative estimate of drug-likeness (QED) is 0.877. The molecule has 0 aromatic carbocycles. The first-order valence-corrected chi connectivity index (χ1v) is 4.66. The summed E-state index contributed by atoms with van der Waals surface area (Å²) in [6.45, 7) is 1.64. The normalized spacial score (nSPS) is 13.8. The Morgan fingerprint density at radius 2 is 1.65 bits per heavy atom. The van der Waals surface area contributed by atoms with Gasteiger partial charge in [-0.25, -0.2) is 0 Å². The number of ether oxygens (including phenoxy) is 3. The molecule has 0 saturated carbocycles. The van der Waals surface area contributed by atoms with Crippen LogP contribution in [0.3, 0.4) is 0 Å². The third kappa shape index (κ3) is 4.07. The van der Waals surface area contributed by atoms with Crippen molar-refractivity contribution in [3.8, 4) is 17.8 Å². The maximum Gasteiger partial charge on any atom is 0.323 e. The Bertz CT molecular complexity index is 328. The lowest BCUT2D eigenvalue weighted by atomic mass is 10.2. The summed E-state index contributed by atoms with van der Waals surface area (Å²) >= 11 is 0. The first-order chi connectivity index (χ1) is 7.31. The summed E-state index contributed by atoms with van der Waals surface area (Å²) < 4.78 is 15.5. The molecule has 0 spiro atoms. The standard InChI is InChI=1S/C9H13N3O3.2ClH/c1-13-7-3-8(14-2)12-9(11-7)15-6-4-10-5-6;;/h3,6,10H,4-5H2,1-2H3;2*1H. The second kappa shape index (κ2) is 7.37. The third-order valence-corrected chi connectivity index (χ3v) is 2.09. The van der Waals surface area contributed by atoms with Gasteiger partial charge in [0.2, 0.25) is 11.8 Å². The monoisotopic (exact) mass is 283 g/mol. The van der Waals surface area contributed by atoms with Crippen LogP contribution >= 0.6 is 24.8 Å². The van der Waals surface area contributed by atoms with E-state index in [1.54, 1.807) is 6.07 Å². The van der Waals surface area contributed by atoms with E-state index in [-0.39, 0.29) is 36.9 Å². The predicted octanol–water partition coefficient (Wildman–Crippen LogP) is 0.688. The summed E-state index contributed by atoms with van der Waals surface area (Å²) in [4.78, 5) is 8.12. The van der Waals surface area contributed by atoms with E-state index in [2.05, 4.69) is 15.3 Å². The highest BCUT2D eigenvalue weighted by molar-refractivity contribution is 5.85. The molecule has 1 N–H and O–H groups in total. The lowest BCUT2D eigenvalue weighted by molar-refractivity contribution is 0.127. The molecule has 1 aliphatic rings. The van der Waals surface area contributed by atoms with Gasteiger partial charge < -0.3 is 19.5 Å². The third-order valence-electron chi connectivity index (χ3n) is 2.09. The molecule has 0 bridgehead atoms. The van der Waals surface area contributed by atoms with E-state index in [9.17, 15) is 0 Å². The van der Waals surface area contributed by atoms with E-state index in [1.165, 1.54) is 14.2 Å². The van der Waals surface area contributed by atoms with Crippen molar-refractivity contribution in [2.45, 2.75) is 6.10 Å². The molecule has 17 heavy (non-hydrogen) atoms. The Morgan fingerprint density at radius 1 is 1.12 bits per heavy atom. The zero-order valence-electron chi connectivity index (χ0n) is 9.50. The van der Waals surface area contributed by atoms with Gasteiger partial charge in [-0.1, -0.05) is 0 Å². The van der Waals surface area contributed by atoms with Crippen LogP contribution in [0.4, 0.5) is 0 Å². The molecule has 2 rings (SSSR count). The summed E-state index contributed by atoms with van der Waals surface area (Å²) in [6, 6.07) is 1.89. The molecule has 6 nitrogen and oxygen atoms in total. The number of rotatable bonds is 4. The van der Waals surface area contributed by atoms with Gasteiger partial charge in [0.05, 0.1) is 20.3 Å². The Kier molecular flexibility index (Phi) is 6.94. The number of hydrogen-bond acceptors (Lipinski definition) is 6. The fraction of sp³-hybridized carbons (Fsp3) is 0.556. The van der Waals surface area contributed by atoms with E-state index in [1.807, 2.05) is 0 Å². The van der Waals surface area contributed by atoms with Crippen LogP contribution in [0.5, 0.6) is 17.8 Å². The Hall–Kier alpha value is -0.980. The van der Waals surface area contributed by atoms with Crippen molar-refractivity contribution in [3.05, 3.63) is 6.07 Å². The van der Waals surface area contributed by atoms with Crippen LogP contribution in [0, 0.1) is 0 Å². The van der Waals surface area contributed by atoms with Crippen molar-refractivity contribution in [2.75, 3.05) is 27.3 Å². The Balaban J connectivity index is 0.00000128. The molecule has 1 fully saturated rings. The number of nitrogens with one attached hydrogen (secondary N) is 1. The van der Waals surface area contributed by atoms with Gasteiger partial charge in [0.1, 0.15) is 6.10 Å². The largest absolute Gasteiger partial charge is 0.481 e. The molecule has 8 heteroatoms. The predicted molar refractivity (Wildman–Crippen MR) is 66.9 cm³/mol. The number of nitrogens with zero attached hydrogens (tertiary/aromatic N) is 2. The van der Waals surface area contributed by atoms with Gasteiger partial charge in [-0.2, -0.15) is 9.97 Å². The second-order valence-corrected chi connectivity index (χ2v) is 3.13. The molecule has 98 valence electrons. The van der Waals surface area contributed by atoms with Crippen molar-refractivity contribution in [3.63, 3.8) is 0 Å². The van der Waals surface area contributed by atoms with Crippen molar-refractivity contribution in [2.24, 2.45) is 0 Å². The number of hydrogen-bond donors (Lipinski definition) is 1. The molecule has 0 radical (unpaired) electrons. The van der Waals surface area contributed by atoms with Crippen LogP contribution in [-0.2, 0) is 0 Å². The van der Waals surface area contributed by atoms with E-state index >= 15 is 0 Å². The molecule has 1 aromatic rings. The van der Waals surface area contributed by atoms with Crippen LogP contribution in [0.25, 0.3) is 0 Å². The van der Waals surface area contributed by atoms with E-state index in [0.29, 0.717) is 11.8 Å². The highest BCUT2D eigenvalue weighted by atomic mass is 35.5. The average molecular weight is 284 g/mol. The highest BCUT2D eigenvalue weighted by Crippen LogP contribution is 2.19. The number of aromatic nitrogens is 2.